The fourth-order valence-electron chi connectivity index (χ4n) is 6.00. The number of benzene rings is 3. The summed E-state index contributed by atoms with van der Waals surface area (Å²) in [5.74, 6) is 0.154. The first-order chi connectivity index (χ1) is 19.8. The molecule has 2 fully saturated rings. The Morgan fingerprint density at radius 1 is 0.951 bits per heavy atom. The standard InChI is InChI=1S/C31H32ClN3O4S2/c1-21-26-18-23(32)8-13-29(26)40-31(21)41(37,38)35-19-27(22-6-4-3-5-7-22)28(20-35)30(36)34-16-14-33(15-17-34)24-9-11-25(39-2)12-10-24/h3-13,18,27-28H,14-17,19-20H2,1-2H3/t27-,28+/m0/s1. The van der Waals surface area contributed by atoms with Crippen LogP contribution in [0.15, 0.2) is 77.0 Å². The van der Waals surface area contributed by atoms with Gasteiger partial charge < -0.3 is 14.5 Å². The van der Waals surface area contributed by atoms with Gasteiger partial charge in [0.25, 0.3) is 10.0 Å². The Kier molecular flexibility index (Phi) is 7.72. The third-order valence-corrected chi connectivity index (χ3v) is 12.2. The summed E-state index contributed by atoms with van der Waals surface area (Å²) in [6.45, 7) is 4.87. The molecule has 0 bridgehead atoms. The van der Waals surface area contributed by atoms with Crippen molar-refractivity contribution in [3.05, 3.63) is 88.9 Å². The van der Waals surface area contributed by atoms with Gasteiger partial charge >= 0.3 is 0 Å². The van der Waals surface area contributed by atoms with E-state index >= 15 is 0 Å². The van der Waals surface area contributed by atoms with Crippen molar-refractivity contribution in [2.24, 2.45) is 5.92 Å². The van der Waals surface area contributed by atoms with Crippen LogP contribution in [0.2, 0.25) is 5.02 Å². The zero-order valence-electron chi connectivity index (χ0n) is 23.0. The minimum Gasteiger partial charge on any atom is -0.497 e. The molecule has 0 unspecified atom stereocenters. The van der Waals surface area contributed by atoms with Gasteiger partial charge in [-0.15, -0.1) is 11.3 Å². The monoisotopic (exact) mass is 609 g/mol. The largest absolute Gasteiger partial charge is 0.497 e. The number of rotatable bonds is 6. The summed E-state index contributed by atoms with van der Waals surface area (Å²) < 4.78 is 36.1. The maximum Gasteiger partial charge on any atom is 0.252 e. The summed E-state index contributed by atoms with van der Waals surface area (Å²) in [6.07, 6.45) is 0. The van der Waals surface area contributed by atoms with Crippen LogP contribution in [0.3, 0.4) is 0 Å². The van der Waals surface area contributed by atoms with Crippen LogP contribution < -0.4 is 9.64 Å². The molecule has 7 nitrogen and oxygen atoms in total. The Hall–Kier alpha value is -3.11. The molecule has 2 saturated heterocycles. The van der Waals surface area contributed by atoms with Crippen molar-refractivity contribution in [1.82, 2.24) is 9.21 Å². The second kappa shape index (κ2) is 11.3. The van der Waals surface area contributed by atoms with Crippen molar-refractivity contribution in [3.63, 3.8) is 0 Å². The molecule has 214 valence electrons. The third kappa shape index (κ3) is 5.32. The number of carbonyl (C=O) groups is 1. The molecule has 0 spiro atoms. The Balaban J connectivity index is 1.24. The average Bonchev–Trinajstić information content (AvgIpc) is 3.60. The number of carbonyl (C=O) groups excluding carboxylic acids is 1. The predicted octanol–water partition coefficient (Wildman–Crippen LogP) is 5.62. The molecule has 2 atom stereocenters. The summed E-state index contributed by atoms with van der Waals surface area (Å²) >= 11 is 7.47. The first-order valence-electron chi connectivity index (χ1n) is 13.7. The van der Waals surface area contributed by atoms with Crippen LogP contribution in [0, 0.1) is 12.8 Å². The number of piperazine rings is 1. The predicted molar refractivity (Wildman–Crippen MR) is 165 cm³/mol. The van der Waals surface area contributed by atoms with Crippen LogP contribution in [-0.2, 0) is 14.8 Å². The van der Waals surface area contributed by atoms with E-state index in [0.717, 1.165) is 27.1 Å². The fraction of sp³-hybridized carbons (Fsp3) is 0.323. The summed E-state index contributed by atoms with van der Waals surface area (Å²) in [5, 5.41) is 1.42. The van der Waals surface area contributed by atoms with Gasteiger partial charge in [-0.05, 0) is 65.9 Å². The topological polar surface area (TPSA) is 70.2 Å². The number of halogens is 1. The van der Waals surface area contributed by atoms with Crippen molar-refractivity contribution in [2.45, 2.75) is 17.1 Å². The van der Waals surface area contributed by atoms with Crippen molar-refractivity contribution in [1.29, 1.82) is 0 Å². The van der Waals surface area contributed by atoms with Gasteiger partial charge in [0.15, 0.2) is 0 Å². The van der Waals surface area contributed by atoms with Gasteiger partial charge in [-0.3, -0.25) is 4.79 Å². The highest BCUT2D eigenvalue weighted by atomic mass is 35.5. The van der Waals surface area contributed by atoms with Gasteiger partial charge in [-0.1, -0.05) is 41.9 Å². The molecule has 6 rings (SSSR count). The molecule has 41 heavy (non-hydrogen) atoms. The Morgan fingerprint density at radius 3 is 2.34 bits per heavy atom. The zero-order chi connectivity index (χ0) is 28.7. The minimum atomic E-state index is -3.81. The van der Waals surface area contributed by atoms with Gasteiger partial charge in [-0.25, -0.2) is 8.42 Å². The fourth-order valence-corrected chi connectivity index (χ4v) is 9.54. The molecule has 0 saturated carbocycles. The van der Waals surface area contributed by atoms with Crippen LogP contribution in [0.25, 0.3) is 10.1 Å². The number of hydrogen-bond donors (Lipinski definition) is 0. The molecule has 0 N–H and O–H groups in total. The number of thiophene rings is 1. The highest BCUT2D eigenvalue weighted by molar-refractivity contribution is 7.91. The highest BCUT2D eigenvalue weighted by Crippen LogP contribution is 2.41. The lowest BCUT2D eigenvalue weighted by atomic mass is 9.88. The SMILES string of the molecule is COc1ccc(N2CCN(C(=O)[C@@H]3CN(S(=O)(=O)c4sc5ccc(Cl)cc5c4C)C[C@H]3c3ccccc3)CC2)cc1. The van der Waals surface area contributed by atoms with E-state index in [9.17, 15) is 13.2 Å². The highest BCUT2D eigenvalue weighted by Gasteiger charge is 2.46. The number of amides is 1. The quantitative estimate of drug-likeness (QED) is 0.284. The van der Waals surface area contributed by atoms with Gasteiger partial charge in [-0.2, -0.15) is 4.31 Å². The average molecular weight is 610 g/mol. The number of ether oxygens (including phenoxy) is 1. The lowest BCUT2D eigenvalue weighted by Gasteiger charge is -2.38. The maximum absolute atomic E-state index is 14.0. The Bertz CT molecular complexity index is 1670. The zero-order valence-corrected chi connectivity index (χ0v) is 25.4. The van der Waals surface area contributed by atoms with Crippen molar-refractivity contribution >= 4 is 54.6 Å². The van der Waals surface area contributed by atoms with Crippen molar-refractivity contribution < 1.29 is 17.9 Å². The number of methoxy groups -OCH3 is 1. The van der Waals surface area contributed by atoms with Crippen molar-refractivity contribution in [3.8, 4) is 5.75 Å². The van der Waals surface area contributed by atoms with Crippen LogP contribution in [0.1, 0.15) is 17.0 Å². The normalized spacial score (nSPS) is 20.1. The molecule has 3 heterocycles. The summed E-state index contributed by atoms with van der Waals surface area (Å²) in [6, 6.07) is 23.2. The molecule has 2 aliphatic heterocycles. The molecule has 1 amide bonds. The van der Waals surface area contributed by atoms with Crippen LogP contribution >= 0.6 is 22.9 Å². The Morgan fingerprint density at radius 2 is 1.66 bits per heavy atom. The molecular weight excluding hydrogens is 578 g/mol. The number of anilines is 1. The van der Waals surface area contributed by atoms with E-state index < -0.39 is 15.9 Å². The van der Waals surface area contributed by atoms with E-state index in [4.69, 9.17) is 16.3 Å². The molecule has 1 aromatic heterocycles. The smallest absolute Gasteiger partial charge is 0.252 e. The lowest BCUT2D eigenvalue weighted by Crippen LogP contribution is -2.51. The van der Waals surface area contributed by atoms with E-state index in [0.29, 0.717) is 41.0 Å². The minimum absolute atomic E-state index is 0.0192. The van der Waals surface area contributed by atoms with E-state index in [1.54, 1.807) is 13.2 Å². The molecule has 2 aliphatic rings. The number of sulfonamides is 1. The first-order valence-corrected chi connectivity index (χ1v) is 16.3. The van der Waals surface area contributed by atoms with Gasteiger partial charge in [0.2, 0.25) is 5.91 Å². The molecule has 10 heteroatoms. The second-order valence-corrected chi connectivity index (χ2v) is 14.2. The van der Waals surface area contributed by atoms with Crippen LogP contribution in [-0.4, -0.2) is 69.9 Å². The van der Waals surface area contributed by atoms with Gasteiger partial charge in [0.1, 0.15) is 9.96 Å². The van der Waals surface area contributed by atoms with Crippen LogP contribution in [0.4, 0.5) is 5.69 Å². The molecule has 0 radical (unpaired) electrons. The molecule has 4 aromatic rings. The van der Waals surface area contributed by atoms with E-state index in [-0.39, 0.29) is 24.9 Å². The van der Waals surface area contributed by atoms with E-state index in [1.165, 1.54) is 15.6 Å². The number of nitrogens with zero attached hydrogens (tertiary/aromatic N) is 3. The summed E-state index contributed by atoms with van der Waals surface area (Å²) in [7, 11) is -2.16. The van der Waals surface area contributed by atoms with Crippen molar-refractivity contribution in [2.75, 3.05) is 51.3 Å². The summed E-state index contributed by atoms with van der Waals surface area (Å²) in [4.78, 5) is 18.2. The second-order valence-electron chi connectivity index (χ2n) is 10.6. The molecule has 3 aromatic carbocycles. The molecular formula is C31H32ClN3O4S2. The van der Waals surface area contributed by atoms with Crippen LogP contribution in [0.5, 0.6) is 5.75 Å². The maximum atomic E-state index is 14.0. The molecule has 0 aliphatic carbocycles. The third-order valence-electron chi connectivity index (χ3n) is 8.29. The number of aryl methyl sites for hydroxylation is 1. The number of hydrogen-bond acceptors (Lipinski definition) is 6. The van der Waals surface area contributed by atoms with E-state index in [1.807, 2.05) is 78.6 Å². The van der Waals surface area contributed by atoms with Gasteiger partial charge in [0, 0.05) is 60.6 Å². The Labute approximate surface area is 249 Å². The van der Waals surface area contributed by atoms with Gasteiger partial charge in [0.05, 0.1) is 13.0 Å². The number of fused-ring (bicyclic) bond motifs is 1. The first kappa shape index (κ1) is 28.0. The summed E-state index contributed by atoms with van der Waals surface area (Å²) in [5.41, 5.74) is 2.78. The van der Waals surface area contributed by atoms with E-state index in [2.05, 4.69) is 4.90 Å². The lowest BCUT2D eigenvalue weighted by molar-refractivity contribution is -0.135.